The molecule has 1 aliphatic heterocycles. The molecule has 0 aromatic heterocycles. The quantitative estimate of drug-likeness (QED) is 0.576. The van der Waals surface area contributed by atoms with E-state index < -0.39 is 11.8 Å². The Morgan fingerprint density at radius 1 is 1.06 bits per heavy atom. The number of esters is 1. The number of allylic oxidation sites excluding steroid dienone is 2. The van der Waals surface area contributed by atoms with Crippen LogP contribution in [0.5, 0.6) is 5.75 Å². The van der Waals surface area contributed by atoms with E-state index in [2.05, 4.69) is 11.9 Å². The molecule has 1 heterocycles. The summed E-state index contributed by atoms with van der Waals surface area (Å²) in [5, 5.41) is 3.30. The Labute approximate surface area is 205 Å². The molecule has 3 atom stereocenters. The van der Waals surface area contributed by atoms with Crippen molar-refractivity contribution in [3.63, 3.8) is 0 Å². The molecule has 5 nitrogen and oxygen atoms in total. The van der Waals surface area contributed by atoms with Crippen molar-refractivity contribution in [3.05, 3.63) is 89.0 Å². The fourth-order valence-electron chi connectivity index (χ4n) is 5.82. The van der Waals surface area contributed by atoms with Gasteiger partial charge in [0.05, 0.1) is 7.11 Å². The number of rotatable bonds is 5. The fourth-order valence-corrected chi connectivity index (χ4v) is 5.82. The lowest BCUT2D eigenvalue weighted by molar-refractivity contribution is -0.153. The van der Waals surface area contributed by atoms with Crippen LogP contribution in [0.2, 0.25) is 0 Å². The molecule has 3 aliphatic rings. The number of hydrogen-bond acceptors (Lipinski definition) is 5. The van der Waals surface area contributed by atoms with Crippen LogP contribution in [0.15, 0.2) is 72.1 Å². The minimum absolute atomic E-state index is 0.0323. The van der Waals surface area contributed by atoms with Gasteiger partial charge in [0.2, 0.25) is 0 Å². The Balaban J connectivity index is 1.54. The van der Waals surface area contributed by atoms with Gasteiger partial charge in [0, 0.05) is 35.2 Å². The molecule has 5 rings (SSSR count). The summed E-state index contributed by atoms with van der Waals surface area (Å²) in [6.07, 6.45) is 4.58. The first kappa shape index (κ1) is 23.3. The van der Waals surface area contributed by atoms with Crippen LogP contribution >= 0.6 is 0 Å². The third-order valence-electron chi connectivity index (χ3n) is 7.49. The SMILES string of the molecule is C=C1NC2=C(C(=O)CC(c3ccccc3OC)C2)C(c2ccc(F)cc2)C1C(=O)OC1CCCC1. The van der Waals surface area contributed by atoms with Gasteiger partial charge in [0.1, 0.15) is 23.6 Å². The van der Waals surface area contributed by atoms with E-state index in [0.717, 1.165) is 42.7 Å². The van der Waals surface area contributed by atoms with Gasteiger partial charge in [-0.3, -0.25) is 9.59 Å². The highest BCUT2D eigenvalue weighted by atomic mass is 19.1. The first-order valence-corrected chi connectivity index (χ1v) is 12.3. The number of hydrogen-bond donors (Lipinski definition) is 1. The number of ether oxygens (including phenoxy) is 2. The van der Waals surface area contributed by atoms with Crippen molar-refractivity contribution < 1.29 is 23.5 Å². The summed E-state index contributed by atoms with van der Waals surface area (Å²) in [7, 11) is 1.63. The van der Waals surface area contributed by atoms with Gasteiger partial charge in [0.25, 0.3) is 0 Å². The third kappa shape index (κ3) is 4.49. The Kier molecular flexibility index (Phi) is 6.46. The van der Waals surface area contributed by atoms with Gasteiger partial charge in [-0.2, -0.15) is 0 Å². The molecule has 1 saturated carbocycles. The van der Waals surface area contributed by atoms with Gasteiger partial charge in [-0.05, 0) is 61.4 Å². The summed E-state index contributed by atoms with van der Waals surface area (Å²) >= 11 is 0. The van der Waals surface area contributed by atoms with Crippen LogP contribution in [0.4, 0.5) is 4.39 Å². The second-order valence-corrected chi connectivity index (χ2v) is 9.66. The second-order valence-electron chi connectivity index (χ2n) is 9.66. The van der Waals surface area contributed by atoms with E-state index >= 15 is 0 Å². The summed E-state index contributed by atoms with van der Waals surface area (Å²) in [4.78, 5) is 27.1. The molecule has 3 unspecified atom stereocenters. The Bertz CT molecular complexity index is 1180. The van der Waals surface area contributed by atoms with Gasteiger partial charge in [-0.25, -0.2) is 4.39 Å². The molecule has 0 bridgehead atoms. The van der Waals surface area contributed by atoms with E-state index in [-0.39, 0.29) is 29.6 Å². The normalized spacial score (nSPS) is 24.7. The molecular formula is C29H30FNO4. The van der Waals surface area contributed by atoms with Crippen molar-refractivity contribution in [2.75, 3.05) is 7.11 Å². The van der Waals surface area contributed by atoms with Crippen LogP contribution in [0.3, 0.4) is 0 Å². The first-order chi connectivity index (χ1) is 17.0. The Morgan fingerprint density at radius 2 is 1.77 bits per heavy atom. The van der Waals surface area contributed by atoms with Crippen LogP contribution < -0.4 is 10.1 Å². The van der Waals surface area contributed by atoms with E-state index in [1.54, 1.807) is 19.2 Å². The molecule has 1 fully saturated rings. The number of nitrogens with one attached hydrogen (secondary N) is 1. The zero-order valence-corrected chi connectivity index (χ0v) is 19.9. The molecule has 0 radical (unpaired) electrons. The highest BCUT2D eigenvalue weighted by Gasteiger charge is 2.46. The van der Waals surface area contributed by atoms with Gasteiger partial charge >= 0.3 is 5.97 Å². The second kappa shape index (κ2) is 9.68. The highest BCUT2D eigenvalue weighted by Crippen LogP contribution is 2.48. The van der Waals surface area contributed by atoms with Crippen LogP contribution in [0, 0.1) is 11.7 Å². The van der Waals surface area contributed by atoms with E-state index in [1.807, 2.05) is 24.3 Å². The van der Waals surface area contributed by atoms with E-state index in [1.165, 1.54) is 12.1 Å². The number of ketones is 1. The fraction of sp³-hybridized carbons (Fsp3) is 0.379. The van der Waals surface area contributed by atoms with Crippen molar-refractivity contribution in [3.8, 4) is 5.75 Å². The predicted molar refractivity (Wildman–Crippen MR) is 130 cm³/mol. The lowest BCUT2D eigenvalue weighted by atomic mass is 9.69. The summed E-state index contributed by atoms with van der Waals surface area (Å²) < 4.78 is 25.2. The molecule has 2 aliphatic carbocycles. The monoisotopic (exact) mass is 475 g/mol. The maximum Gasteiger partial charge on any atom is 0.316 e. The lowest BCUT2D eigenvalue weighted by Gasteiger charge is -2.40. The van der Waals surface area contributed by atoms with Crippen molar-refractivity contribution in [1.29, 1.82) is 0 Å². The molecule has 0 amide bonds. The van der Waals surface area contributed by atoms with E-state index in [0.29, 0.717) is 29.7 Å². The Morgan fingerprint density at radius 3 is 2.49 bits per heavy atom. The van der Waals surface area contributed by atoms with Crippen LogP contribution in [0.1, 0.15) is 61.5 Å². The van der Waals surface area contributed by atoms with E-state index in [9.17, 15) is 14.0 Å². The van der Waals surface area contributed by atoms with E-state index in [4.69, 9.17) is 9.47 Å². The summed E-state index contributed by atoms with van der Waals surface area (Å²) in [6, 6.07) is 13.8. The topological polar surface area (TPSA) is 64.6 Å². The minimum Gasteiger partial charge on any atom is -0.496 e. The minimum atomic E-state index is -0.758. The molecule has 2 aromatic carbocycles. The van der Waals surface area contributed by atoms with Crippen LogP contribution in [-0.2, 0) is 14.3 Å². The number of para-hydroxylation sites is 1. The number of carbonyl (C=O) groups excluding carboxylic acids is 2. The smallest absolute Gasteiger partial charge is 0.316 e. The summed E-state index contributed by atoms with van der Waals surface area (Å²) in [5.41, 5.74) is 3.53. The van der Waals surface area contributed by atoms with Crippen molar-refractivity contribution >= 4 is 11.8 Å². The molecule has 182 valence electrons. The van der Waals surface area contributed by atoms with Crippen molar-refractivity contribution in [2.24, 2.45) is 5.92 Å². The molecule has 2 aromatic rings. The summed E-state index contributed by atoms with van der Waals surface area (Å²) in [5.74, 6) is -1.42. The molecule has 1 N–H and O–H groups in total. The maximum atomic E-state index is 13.8. The average molecular weight is 476 g/mol. The molecule has 6 heteroatoms. The molecule has 0 spiro atoms. The lowest BCUT2D eigenvalue weighted by Crippen LogP contribution is -2.42. The van der Waals surface area contributed by atoms with Gasteiger partial charge in [-0.15, -0.1) is 0 Å². The first-order valence-electron chi connectivity index (χ1n) is 12.3. The van der Waals surface area contributed by atoms with Gasteiger partial charge in [-0.1, -0.05) is 36.9 Å². The maximum absolute atomic E-state index is 13.8. The van der Waals surface area contributed by atoms with Gasteiger partial charge in [0.15, 0.2) is 5.78 Å². The predicted octanol–water partition coefficient (Wildman–Crippen LogP) is 5.54. The zero-order chi connectivity index (χ0) is 24.5. The van der Waals surface area contributed by atoms with Crippen molar-refractivity contribution in [2.45, 2.75) is 56.5 Å². The summed E-state index contributed by atoms with van der Waals surface area (Å²) in [6.45, 7) is 4.18. The largest absolute Gasteiger partial charge is 0.496 e. The molecule has 35 heavy (non-hydrogen) atoms. The highest BCUT2D eigenvalue weighted by molar-refractivity contribution is 6.01. The standard InChI is InChI=1S/C29H30FNO4/c1-17-26(29(33)35-21-7-3-4-8-21)27(18-11-13-20(30)14-12-18)28-23(31-17)15-19(16-24(28)32)22-9-5-6-10-25(22)34-2/h5-6,9-14,19,21,26-27,31H,1,3-4,7-8,15-16H2,2H3. The molecular weight excluding hydrogens is 445 g/mol. The van der Waals surface area contributed by atoms with Crippen molar-refractivity contribution in [1.82, 2.24) is 5.32 Å². The van der Waals surface area contributed by atoms with Gasteiger partial charge < -0.3 is 14.8 Å². The Hall–Kier alpha value is -3.41. The molecule has 0 saturated heterocycles. The van der Waals surface area contributed by atoms with Crippen LogP contribution in [-0.4, -0.2) is 25.0 Å². The number of Topliss-reactive ketones (excluding diaryl/α,β-unsaturated/α-hetero) is 1. The zero-order valence-electron chi connectivity index (χ0n) is 19.9. The third-order valence-corrected chi connectivity index (χ3v) is 7.49. The number of benzene rings is 2. The average Bonchev–Trinajstić information content (AvgIpc) is 3.36. The number of methoxy groups -OCH3 is 1. The number of halogens is 1. The van der Waals surface area contributed by atoms with Crippen LogP contribution in [0.25, 0.3) is 0 Å². The number of carbonyl (C=O) groups is 2.